The molecule has 0 unspecified atom stereocenters. The Morgan fingerprint density at radius 2 is 1.57 bits per heavy atom. The highest BCUT2D eigenvalue weighted by Gasteiger charge is 2.35. The Morgan fingerprint density at radius 3 is 2.25 bits per heavy atom. The fourth-order valence-electron chi connectivity index (χ4n) is 4.32. The maximum Gasteiger partial charge on any atom is 0.273 e. The van der Waals surface area contributed by atoms with E-state index in [1.54, 1.807) is 16.7 Å². The number of allylic oxidation sites excluding steroid dienone is 1. The Bertz CT molecular complexity index is 1920. The molecule has 0 saturated carbocycles. The Hall–Kier alpha value is -3.97. The molecule has 3 aromatic carbocycles. The molecule has 1 fully saturated rings. The Morgan fingerprint density at radius 1 is 0.900 bits per heavy atom. The van der Waals surface area contributed by atoms with Gasteiger partial charge in [0.25, 0.3) is 17.2 Å². The van der Waals surface area contributed by atoms with Crippen molar-refractivity contribution >= 4 is 85.3 Å². The third-order valence-corrected chi connectivity index (χ3v) is 10.0. The van der Waals surface area contributed by atoms with Crippen LogP contribution in [0.25, 0.3) is 16.7 Å². The van der Waals surface area contributed by atoms with E-state index in [4.69, 9.17) is 12.2 Å². The highest BCUT2D eigenvalue weighted by Crippen LogP contribution is 2.46. The smallest absolute Gasteiger partial charge is 0.273 e. The van der Waals surface area contributed by atoms with Crippen LogP contribution >= 0.6 is 47.1 Å². The zero-order valence-electron chi connectivity index (χ0n) is 20.7. The molecule has 0 N–H and O–H groups in total. The lowest BCUT2D eigenvalue weighted by molar-refractivity contribution is -0.384. The van der Waals surface area contributed by atoms with Crippen molar-refractivity contribution in [3.63, 3.8) is 0 Å². The van der Waals surface area contributed by atoms with Crippen LogP contribution in [0.4, 0.5) is 17.1 Å². The van der Waals surface area contributed by atoms with Crippen LogP contribution in [0.15, 0.2) is 99.7 Å². The second-order valence-electron chi connectivity index (χ2n) is 8.66. The zero-order chi connectivity index (χ0) is 28.0. The van der Waals surface area contributed by atoms with Gasteiger partial charge in [-0.25, -0.2) is 0 Å². The van der Waals surface area contributed by atoms with Gasteiger partial charge in [0, 0.05) is 24.1 Å². The fraction of sp³-hybridized carbons (Fsp3) is 0.0357. The standard InChI is InChI=1S/C28H18N4O4S4/c1-29-20-16-19(32(35)36)12-13-21(20)38-23(29)15-14-22-25(33)30(17-8-4-2-5-9-17)27(39-22)24-26(34)31(28(37)40-24)18-10-6-3-7-11-18/h2-16H,1H3/b22-14-,23-15+,27-24-. The summed E-state index contributed by atoms with van der Waals surface area (Å²) in [5.41, 5.74) is 1.80. The van der Waals surface area contributed by atoms with Crippen molar-refractivity contribution in [2.45, 2.75) is 4.90 Å². The van der Waals surface area contributed by atoms with E-state index >= 15 is 0 Å². The topological polar surface area (TPSA) is 88.7 Å². The molecular weight excluding hydrogens is 585 g/mol. The molecule has 8 nitrogen and oxygen atoms in total. The Kier molecular flexibility index (Phi) is 6.92. The van der Waals surface area contributed by atoms with E-state index in [2.05, 4.69) is 0 Å². The second-order valence-corrected chi connectivity index (χ2v) is 12.4. The van der Waals surface area contributed by atoms with Crippen LogP contribution in [0.1, 0.15) is 0 Å². The molecule has 0 atom stereocenters. The number of non-ortho nitro benzene ring substituents is 1. The number of benzene rings is 3. The van der Waals surface area contributed by atoms with Gasteiger partial charge in [-0.15, -0.1) is 11.3 Å². The predicted molar refractivity (Wildman–Crippen MR) is 167 cm³/mol. The summed E-state index contributed by atoms with van der Waals surface area (Å²) >= 11 is 9.43. The third kappa shape index (κ3) is 4.58. The average Bonchev–Trinajstić information content (AvgIpc) is 3.57. The van der Waals surface area contributed by atoms with Crippen LogP contribution < -0.4 is 24.6 Å². The van der Waals surface area contributed by atoms with E-state index in [0.717, 1.165) is 15.6 Å². The number of nitro groups is 1. The first-order chi connectivity index (χ1) is 19.3. The molecule has 1 amide bonds. The fourth-order valence-corrected chi connectivity index (χ4v) is 7.83. The van der Waals surface area contributed by atoms with Crippen LogP contribution in [-0.2, 0) is 4.79 Å². The van der Waals surface area contributed by atoms with E-state index in [-0.39, 0.29) is 17.2 Å². The quantitative estimate of drug-likeness (QED) is 0.186. The molecule has 0 spiro atoms. The van der Waals surface area contributed by atoms with Gasteiger partial charge in [-0.05, 0) is 42.5 Å². The van der Waals surface area contributed by atoms with Gasteiger partial charge in [0.2, 0.25) is 0 Å². The number of aromatic nitrogens is 1. The van der Waals surface area contributed by atoms with Gasteiger partial charge < -0.3 is 4.90 Å². The number of amides is 1. The average molecular weight is 603 g/mol. The first-order valence-corrected chi connectivity index (χ1v) is 14.7. The zero-order valence-corrected chi connectivity index (χ0v) is 24.0. The predicted octanol–water partition coefficient (Wildman–Crippen LogP) is 4.84. The van der Waals surface area contributed by atoms with Crippen LogP contribution in [0.2, 0.25) is 0 Å². The number of thioether (sulfide) groups is 2. The number of nitrogens with zero attached hydrogens (tertiary/aromatic N) is 4. The van der Waals surface area contributed by atoms with Gasteiger partial charge in [0.1, 0.15) is 9.57 Å². The highest BCUT2D eigenvalue weighted by molar-refractivity contribution is 8.31. The molecular formula is C28H18N4O4S4. The first kappa shape index (κ1) is 26.3. The summed E-state index contributed by atoms with van der Waals surface area (Å²) in [7, 11) is 1.83. The van der Waals surface area contributed by atoms with Gasteiger partial charge in [0.05, 0.1) is 31.5 Å². The molecule has 0 radical (unpaired) electrons. The number of thiocarbonyl (C=S) groups is 1. The summed E-state index contributed by atoms with van der Waals surface area (Å²) in [5.74, 6) is -0.278. The van der Waals surface area contributed by atoms with Crippen molar-refractivity contribution in [3.05, 3.63) is 120 Å². The Balaban J connectivity index is 1.48. The van der Waals surface area contributed by atoms with Crippen molar-refractivity contribution in [1.82, 2.24) is 4.57 Å². The highest BCUT2D eigenvalue weighted by atomic mass is 32.2. The normalized spacial score (nSPS) is 17.7. The molecule has 4 aromatic rings. The number of carbonyl (C=O) groups excluding carboxylic acids is 1. The second kappa shape index (κ2) is 10.5. The SMILES string of the molecule is CN1/C(=C\C=c2/s/c(=C3\SC(=S)N(c4ccccc4)C3=O)n(-c3ccccc3)c2=O)Sc2ccc([N+](=O)[O-])cc21. The molecule has 3 heterocycles. The molecule has 0 bridgehead atoms. The summed E-state index contributed by atoms with van der Waals surface area (Å²) < 4.78 is 2.89. The van der Waals surface area contributed by atoms with Crippen molar-refractivity contribution in [2.24, 2.45) is 0 Å². The van der Waals surface area contributed by atoms with Crippen molar-refractivity contribution in [3.8, 4) is 5.69 Å². The van der Waals surface area contributed by atoms with Gasteiger partial charge in [-0.1, -0.05) is 72.1 Å². The van der Waals surface area contributed by atoms with Crippen LogP contribution in [0.5, 0.6) is 0 Å². The molecule has 12 heteroatoms. The van der Waals surface area contributed by atoms with Gasteiger partial charge in [-0.2, -0.15) is 0 Å². The number of hydrogen-bond acceptors (Lipinski definition) is 9. The molecule has 40 heavy (non-hydrogen) atoms. The molecule has 198 valence electrons. The number of carbonyl (C=O) groups is 1. The number of anilines is 2. The third-order valence-electron chi connectivity index (χ3n) is 6.25. The van der Waals surface area contributed by atoms with Crippen molar-refractivity contribution in [2.75, 3.05) is 16.8 Å². The monoisotopic (exact) mass is 602 g/mol. The summed E-state index contributed by atoms with van der Waals surface area (Å²) in [5, 5.41) is 12.0. The molecule has 1 aromatic heterocycles. The van der Waals surface area contributed by atoms with E-state index in [9.17, 15) is 19.7 Å². The summed E-state index contributed by atoms with van der Waals surface area (Å²) in [6, 6.07) is 23.1. The minimum atomic E-state index is -0.420. The van der Waals surface area contributed by atoms with Crippen LogP contribution in [0, 0.1) is 10.1 Å². The Labute approximate surface area is 245 Å². The molecule has 2 aliphatic rings. The maximum absolute atomic E-state index is 13.7. The lowest BCUT2D eigenvalue weighted by Crippen LogP contribution is -2.32. The molecule has 0 aliphatic carbocycles. The molecule has 2 aliphatic heterocycles. The maximum atomic E-state index is 13.7. The number of fused-ring (bicyclic) bond motifs is 1. The lowest BCUT2D eigenvalue weighted by atomic mass is 10.2. The van der Waals surface area contributed by atoms with Gasteiger partial charge in [-0.3, -0.25) is 29.2 Å². The molecule has 1 saturated heterocycles. The van der Waals surface area contributed by atoms with Gasteiger partial charge in [0.15, 0.2) is 4.32 Å². The number of rotatable bonds is 4. The summed E-state index contributed by atoms with van der Waals surface area (Å²) in [4.78, 5) is 42.8. The van der Waals surface area contributed by atoms with Crippen molar-refractivity contribution in [1.29, 1.82) is 0 Å². The minimum Gasteiger partial charge on any atom is -0.338 e. The summed E-state index contributed by atoms with van der Waals surface area (Å²) in [6.07, 6.45) is 3.55. The lowest BCUT2D eigenvalue weighted by Gasteiger charge is -2.13. The number of nitro benzene ring substituents is 1. The molecule has 6 rings (SSSR count). The minimum absolute atomic E-state index is 0.0169. The van der Waals surface area contributed by atoms with E-state index in [1.807, 2.05) is 78.7 Å². The number of para-hydroxylation sites is 2. The van der Waals surface area contributed by atoms with E-state index < -0.39 is 4.92 Å². The van der Waals surface area contributed by atoms with E-state index in [0.29, 0.717) is 29.8 Å². The van der Waals surface area contributed by atoms with Crippen molar-refractivity contribution < 1.29 is 9.72 Å². The number of hydrogen-bond donors (Lipinski definition) is 0. The van der Waals surface area contributed by atoms with E-state index in [1.165, 1.54) is 51.9 Å². The largest absolute Gasteiger partial charge is 0.338 e. The number of thiazole rings is 1. The van der Waals surface area contributed by atoms with Crippen LogP contribution in [0.3, 0.4) is 0 Å². The first-order valence-electron chi connectivity index (χ1n) is 11.9. The van der Waals surface area contributed by atoms with Gasteiger partial charge >= 0.3 is 0 Å². The summed E-state index contributed by atoms with van der Waals surface area (Å²) in [6.45, 7) is 0. The van der Waals surface area contributed by atoms with Crippen LogP contribution in [-0.4, -0.2) is 26.8 Å².